The van der Waals surface area contributed by atoms with Gasteiger partial charge in [-0.3, -0.25) is 10.1 Å². The minimum Gasteiger partial charge on any atom is -0.403 e. The molecule has 0 unspecified atom stereocenters. The summed E-state index contributed by atoms with van der Waals surface area (Å²) in [5.74, 6) is -0.310. The maximum Gasteiger partial charge on any atom is 0.322 e. The first-order valence-corrected chi connectivity index (χ1v) is 7.53. The molecule has 0 aliphatic carbocycles. The lowest BCUT2D eigenvalue weighted by Gasteiger charge is -2.03. The second-order valence-electron chi connectivity index (χ2n) is 4.47. The van der Waals surface area contributed by atoms with Crippen LogP contribution in [0.2, 0.25) is 15.1 Å². The van der Waals surface area contributed by atoms with E-state index in [-0.39, 0.29) is 22.5 Å². The summed E-state index contributed by atoms with van der Waals surface area (Å²) in [5, 5.41) is 11.2. The Kier molecular flexibility index (Phi) is 4.52. The molecule has 1 aromatic heterocycles. The Morgan fingerprint density at radius 1 is 1.00 bits per heavy atom. The number of carbonyl (C=O) groups excluding carboxylic acids is 1. The summed E-state index contributed by atoms with van der Waals surface area (Å²) in [5.41, 5.74) is 0.777. The van der Waals surface area contributed by atoms with Crippen LogP contribution < -0.4 is 5.32 Å². The number of hydrogen-bond acceptors (Lipinski definition) is 4. The minimum absolute atomic E-state index is 0.0686. The van der Waals surface area contributed by atoms with E-state index in [0.29, 0.717) is 15.6 Å². The molecule has 1 N–H and O–H groups in total. The second-order valence-corrected chi connectivity index (χ2v) is 5.72. The van der Waals surface area contributed by atoms with Crippen molar-refractivity contribution in [1.29, 1.82) is 0 Å². The molecule has 0 radical (unpaired) electrons. The number of nitrogens with zero attached hydrogens (tertiary/aromatic N) is 2. The van der Waals surface area contributed by atoms with Crippen molar-refractivity contribution in [3.8, 4) is 11.5 Å². The summed E-state index contributed by atoms with van der Waals surface area (Å²) in [7, 11) is 0. The highest BCUT2D eigenvalue weighted by molar-refractivity contribution is 6.36. The molecule has 2 aromatic carbocycles. The summed E-state index contributed by atoms with van der Waals surface area (Å²) < 4.78 is 5.40. The first-order valence-electron chi connectivity index (χ1n) is 6.39. The Labute approximate surface area is 146 Å². The molecule has 5 nitrogen and oxygen atoms in total. The standard InChI is InChI=1S/C15H8Cl3N3O2/c16-8-5-6-12(18)10(7-8)13(22)19-15-21-20-14(23-15)9-3-1-2-4-11(9)17/h1-7H,(H,19,21,22). The minimum atomic E-state index is -0.508. The maximum atomic E-state index is 12.2. The van der Waals surface area contributed by atoms with Crippen LogP contribution in [0, 0.1) is 0 Å². The summed E-state index contributed by atoms with van der Waals surface area (Å²) in [6, 6.07) is 11.5. The van der Waals surface area contributed by atoms with Crippen LogP contribution in [-0.2, 0) is 0 Å². The molecule has 8 heteroatoms. The van der Waals surface area contributed by atoms with Crippen molar-refractivity contribution in [1.82, 2.24) is 10.2 Å². The van der Waals surface area contributed by atoms with Gasteiger partial charge in [0.25, 0.3) is 11.8 Å². The Morgan fingerprint density at radius 3 is 2.57 bits per heavy atom. The lowest BCUT2D eigenvalue weighted by molar-refractivity contribution is 0.102. The van der Waals surface area contributed by atoms with Crippen LogP contribution in [0.15, 0.2) is 46.9 Å². The lowest BCUT2D eigenvalue weighted by atomic mass is 10.2. The van der Waals surface area contributed by atoms with Crippen molar-refractivity contribution >= 4 is 46.7 Å². The molecule has 3 rings (SSSR count). The molecule has 0 fully saturated rings. The number of carbonyl (C=O) groups is 1. The number of halogens is 3. The zero-order valence-corrected chi connectivity index (χ0v) is 13.7. The van der Waals surface area contributed by atoms with Gasteiger partial charge in [0.2, 0.25) is 0 Å². The van der Waals surface area contributed by atoms with Gasteiger partial charge in [-0.15, -0.1) is 5.10 Å². The van der Waals surface area contributed by atoms with Crippen LogP contribution in [0.3, 0.4) is 0 Å². The smallest absolute Gasteiger partial charge is 0.322 e. The maximum absolute atomic E-state index is 12.2. The van der Waals surface area contributed by atoms with Gasteiger partial charge in [0.1, 0.15) is 0 Å². The Balaban J connectivity index is 1.83. The molecule has 1 amide bonds. The molecule has 0 bridgehead atoms. The van der Waals surface area contributed by atoms with Gasteiger partial charge in [-0.1, -0.05) is 52.0 Å². The average Bonchev–Trinajstić information content (AvgIpc) is 2.98. The molecule has 1 heterocycles. The van der Waals surface area contributed by atoms with Crippen LogP contribution in [-0.4, -0.2) is 16.1 Å². The number of nitrogens with one attached hydrogen (secondary N) is 1. The van der Waals surface area contributed by atoms with Gasteiger partial charge in [-0.2, -0.15) is 0 Å². The predicted octanol–water partition coefficient (Wildman–Crippen LogP) is 4.95. The van der Waals surface area contributed by atoms with Crippen LogP contribution in [0.25, 0.3) is 11.5 Å². The summed E-state index contributed by atoms with van der Waals surface area (Å²) in [6.45, 7) is 0. The van der Waals surface area contributed by atoms with E-state index < -0.39 is 5.91 Å². The molecule has 23 heavy (non-hydrogen) atoms. The fourth-order valence-corrected chi connectivity index (χ4v) is 2.45. The Hall–Kier alpha value is -2.08. The van der Waals surface area contributed by atoms with E-state index in [9.17, 15) is 4.79 Å². The normalized spacial score (nSPS) is 10.6. The third-order valence-corrected chi connectivity index (χ3v) is 3.82. The molecule has 0 aliphatic rings. The van der Waals surface area contributed by atoms with Gasteiger partial charge < -0.3 is 4.42 Å². The van der Waals surface area contributed by atoms with Crippen LogP contribution in [0.5, 0.6) is 0 Å². The number of rotatable bonds is 3. The van der Waals surface area contributed by atoms with E-state index in [4.69, 9.17) is 39.2 Å². The number of amides is 1. The van der Waals surface area contributed by atoms with E-state index in [1.165, 1.54) is 12.1 Å². The summed E-state index contributed by atoms with van der Waals surface area (Å²) >= 11 is 17.9. The van der Waals surface area contributed by atoms with Gasteiger partial charge in [-0.25, -0.2) is 0 Å². The van der Waals surface area contributed by atoms with Gasteiger partial charge in [-0.05, 0) is 30.3 Å². The number of anilines is 1. The topological polar surface area (TPSA) is 68.0 Å². The number of hydrogen-bond donors (Lipinski definition) is 1. The van der Waals surface area contributed by atoms with Gasteiger partial charge in [0.05, 0.1) is 21.2 Å². The summed E-state index contributed by atoms with van der Waals surface area (Å²) in [6.07, 6.45) is 0. The van der Waals surface area contributed by atoms with Crippen molar-refractivity contribution in [2.75, 3.05) is 5.32 Å². The first kappa shape index (κ1) is 15.8. The highest BCUT2D eigenvalue weighted by Gasteiger charge is 2.16. The Morgan fingerprint density at radius 2 is 1.78 bits per heavy atom. The number of benzene rings is 2. The molecule has 3 aromatic rings. The van der Waals surface area contributed by atoms with Crippen molar-refractivity contribution in [3.63, 3.8) is 0 Å². The van der Waals surface area contributed by atoms with Gasteiger partial charge in [0, 0.05) is 5.02 Å². The zero-order valence-electron chi connectivity index (χ0n) is 11.4. The molecule has 0 atom stereocenters. The molecular formula is C15H8Cl3N3O2. The van der Waals surface area contributed by atoms with Crippen molar-refractivity contribution in [3.05, 3.63) is 63.1 Å². The third-order valence-electron chi connectivity index (χ3n) is 2.92. The fourth-order valence-electron chi connectivity index (χ4n) is 1.85. The van der Waals surface area contributed by atoms with Crippen molar-refractivity contribution in [2.45, 2.75) is 0 Å². The van der Waals surface area contributed by atoms with Crippen molar-refractivity contribution < 1.29 is 9.21 Å². The van der Waals surface area contributed by atoms with E-state index >= 15 is 0 Å². The SMILES string of the molecule is O=C(Nc1nnc(-c2ccccc2Cl)o1)c1cc(Cl)ccc1Cl. The molecule has 0 saturated carbocycles. The van der Waals surface area contributed by atoms with E-state index in [1.54, 1.807) is 30.3 Å². The first-order chi connectivity index (χ1) is 11.0. The molecule has 0 aliphatic heterocycles. The van der Waals surface area contributed by atoms with E-state index in [1.807, 2.05) is 0 Å². The lowest BCUT2D eigenvalue weighted by Crippen LogP contribution is -2.12. The van der Waals surface area contributed by atoms with Crippen molar-refractivity contribution in [2.24, 2.45) is 0 Å². The molecule has 116 valence electrons. The fraction of sp³-hybridized carbons (Fsp3) is 0. The van der Waals surface area contributed by atoms with E-state index in [2.05, 4.69) is 15.5 Å². The highest BCUT2D eigenvalue weighted by atomic mass is 35.5. The average molecular weight is 369 g/mol. The quantitative estimate of drug-likeness (QED) is 0.710. The van der Waals surface area contributed by atoms with Crippen LogP contribution in [0.4, 0.5) is 6.01 Å². The second kappa shape index (κ2) is 6.58. The largest absolute Gasteiger partial charge is 0.403 e. The van der Waals surface area contributed by atoms with Gasteiger partial charge in [0.15, 0.2) is 0 Å². The monoisotopic (exact) mass is 367 g/mol. The highest BCUT2D eigenvalue weighted by Crippen LogP contribution is 2.28. The predicted molar refractivity (Wildman–Crippen MR) is 89.2 cm³/mol. The molecular weight excluding hydrogens is 361 g/mol. The Bertz CT molecular complexity index is 880. The molecule has 0 saturated heterocycles. The van der Waals surface area contributed by atoms with E-state index in [0.717, 1.165) is 0 Å². The zero-order chi connectivity index (χ0) is 16.4. The van der Waals surface area contributed by atoms with Crippen LogP contribution >= 0.6 is 34.8 Å². The van der Waals surface area contributed by atoms with Gasteiger partial charge >= 0.3 is 6.01 Å². The van der Waals surface area contributed by atoms with Crippen LogP contribution in [0.1, 0.15) is 10.4 Å². The molecule has 0 spiro atoms. The summed E-state index contributed by atoms with van der Waals surface area (Å²) in [4.78, 5) is 12.2. The third kappa shape index (κ3) is 3.47. The number of aromatic nitrogens is 2.